The molecule has 4 nitrogen and oxygen atoms in total. The quantitative estimate of drug-likeness (QED) is 0.771. The van der Waals surface area contributed by atoms with E-state index in [-0.39, 0.29) is 18.2 Å². The summed E-state index contributed by atoms with van der Waals surface area (Å²) in [6.45, 7) is 2.03. The van der Waals surface area contributed by atoms with E-state index >= 15 is 0 Å². The number of carbonyl (C=O) groups is 2. The number of rotatable bonds is 7. The van der Waals surface area contributed by atoms with E-state index in [2.05, 4.69) is 5.32 Å². The van der Waals surface area contributed by atoms with Crippen LogP contribution in [0, 0.1) is 0 Å². The largest absolute Gasteiger partial charge is 0.357 e. The maximum Gasteiger partial charge on any atom is 0.242 e. The van der Waals surface area contributed by atoms with Gasteiger partial charge in [0.15, 0.2) is 0 Å². The molecule has 0 spiro atoms. The first-order valence-corrected chi connectivity index (χ1v) is 9.17. The van der Waals surface area contributed by atoms with Crippen LogP contribution in [-0.4, -0.2) is 29.8 Å². The Bertz CT molecular complexity index is 780. The van der Waals surface area contributed by atoms with E-state index < -0.39 is 6.04 Å². The monoisotopic (exact) mass is 392 g/mol. The number of amides is 2. The van der Waals surface area contributed by atoms with Crippen LogP contribution in [-0.2, 0) is 22.6 Å². The van der Waals surface area contributed by atoms with Gasteiger partial charge < -0.3 is 10.2 Å². The van der Waals surface area contributed by atoms with Gasteiger partial charge in [0.25, 0.3) is 0 Å². The molecular formula is C20H22Cl2N2O2. The molecule has 0 saturated carbocycles. The van der Waals surface area contributed by atoms with Crippen molar-refractivity contribution in [2.75, 3.05) is 7.05 Å². The maximum absolute atomic E-state index is 12.8. The summed E-state index contributed by atoms with van der Waals surface area (Å²) >= 11 is 12.2. The van der Waals surface area contributed by atoms with E-state index in [4.69, 9.17) is 23.2 Å². The number of carbonyl (C=O) groups excluding carboxylic acids is 2. The van der Waals surface area contributed by atoms with E-state index in [1.807, 2.05) is 30.3 Å². The van der Waals surface area contributed by atoms with Gasteiger partial charge in [-0.1, -0.05) is 53.5 Å². The fourth-order valence-electron chi connectivity index (χ4n) is 2.71. The molecule has 0 aliphatic heterocycles. The van der Waals surface area contributed by atoms with Gasteiger partial charge in [0.2, 0.25) is 11.8 Å². The highest BCUT2D eigenvalue weighted by Crippen LogP contribution is 2.19. The highest BCUT2D eigenvalue weighted by Gasteiger charge is 2.25. The van der Waals surface area contributed by atoms with Crippen LogP contribution in [0.2, 0.25) is 10.0 Å². The van der Waals surface area contributed by atoms with Gasteiger partial charge in [-0.2, -0.15) is 0 Å². The Morgan fingerprint density at radius 3 is 2.50 bits per heavy atom. The summed E-state index contributed by atoms with van der Waals surface area (Å²) in [7, 11) is 1.56. The van der Waals surface area contributed by atoms with Crippen molar-refractivity contribution in [1.29, 1.82) is 0 Å². The lowest BCUT2D eigenvalue weighted by atomic mass is 10.1. The fraction of sp³-hybridized carbons (Fsp3) is 0.300. The van der Waals surface area contributed by atoms with Gasteiger partial charge in [0, 0.05) is 30.1 Å². The molecule has 6 heteroatoms. The van der Waals surface area contributed by atoms with E-state index in [0.29, 0.717) is 23.0 Å². The molecule has 2 amide bonds. The molecule has 0 fully saturated rings. The Labute approximate surface area is 164 Å². The molecule has 1 N–H and O–H groups in total. The zero-order valence-electron chi connectivity index (χ0n) is 14.8. The molecule has 138 valence electrons. The summed E-state index contributed by atoms with van der Waals surface area (Å²) in [6, 6.07) is 14.2. The van der Waals surface area contributed by atoms with Crippen LogP contribution >= 0.6 is 23.2 Å². The third-order valence-electron chi connectivity index (χ3n) is 4.22. The highest BCUT2D eigenvalue weighted by atomic mass is 35.5. The zero-order chi connectivity index (χ0) is 19.1. The van der Waals surface area contributed by atoms with Crippen molar-refractivity contribution in [2.45, 2.75) is 32.4 Å². The zero-order valence-corrected chi connectivity index (χ0v) is 16.3. The van der Waals surface area contributed by atoms with Gasteiger partial charge in [-0.25, -0.2) is 0 Å². The van der Waals surface area contributed by atoms with E-state index in [1.165, 1.54) is 0 Å². The molecule has 0 aromatic heterocycles. The van der Waals surface area contributed by atoms with Crippen LogP contribution in [0.15, 0.2) is 48.5 Å². The maximum atomic E-state index is 12.8. The number of benzene rings is 2. The van der Waals surface area contributed by atoms with E-state index in [0.717, 1.165) is 11.1 Å². The molecule has 0 radical (unpaired) electrons. The smallest absolute Gasteiger partial charge is 0.242 e. The van der Waals surface area contributed by atoms with Crippen LogP contribution in [0.1, 0.15) is 24.5 Å². The number of nitrogens with one attached hydrogen (secondary N) is 1. The van der Waals surface area contributed by atoms with Gasteiger partial charge >= 0.3 is 0 Å². The Morgan fingerprint density at radius 1 is 1.12 bits per heavy atom. The Kier molecular flexibility index (Phi) is 7.49. The number of hydrogen-bond donors (Lipinski definition) is 1. The average Bonchev–Trinajstić information content (AvgIpc) is 2.64. The number of nitrogens with zero attached hydrogens (tertiary/aromatic N) is 1. The van der Waals surface area contributed by atoms with Crippen LogP contribution in [0.5, 0.6) is 0 Å². The molecule has 2 rings (SSSR count). The minimum atomic E-state index is -0.585. The molecule has 0 heterocycles. The predicted molar refractivity (Wildman–Crippen MR) is 105 cm³/mol. The summed E-state index contributed by atoms with van der Waals surface area (Å²) in [4.78, 5) is 26.5. The second-order valence-corrected chi connectivity index (χ2v) is 6.88. The second kappa shape index (κ2) is 9.60. The minimum Gasteiger partial charge on any atom is -0.357 e. The van der Waals surface area contributed by atoms with Crippen LogP contribution in [0.3, 0.4) is 0 Å². The Hall–Kier alpha value is -2.04. The molecule has 0 aliphatic rings. The van der Waals surface area contributed by atoms with Crippen molar-refractivity contribution < 1.29 is 9.59 Å². The first-order chi connectivity index (χ1) is 12.4. The highest BCUT2D eigenvalue weighted by molar-refractivity contribution is 6.31. The van der Waals surface area contributed by atoms with Crippen molar-refractivity contribution in [3.8, 4) is 0 Å². The molecule has 0 aliphatic carbocycles. The third kappa shape index (κ3) is 5.48. The van der Waals surface area contributed by atoms with Gasteiger partial charge in [0.05, 0.1) is 0 Å². The van der Waals surface area contributed by atoms with Crippen molar-refractivity contribution in [2.24, 2.45) is 0 Å². The third-order valence-corrected chi connectivity index (χ3v) is 4.83. The first kappa shape index (κ1) is 20.3. The number of likely N-dealkylation sites (N-methyl/N-ethyl adjacent to an activating group) is 1. The van der Waals surface area contributed by atoms with Crippen molar-refractivity contribution in [1.82, 2.24) is 10.2 Å². The van der Waals surface area contributed by atoms with Gasteiger partial charge in [-0.15, -0.1) is 0 Å². The number of aryl methyl sites for hydroxylation is 1. The summed E-state index contributed by atoms with van der Waals surface area (Å²) in [5.74, 6) is -0.320. The molecule has 2 aromatic rings. The van der Waals surface area contributed by atoms with Crippen LogP contribution in [0.4, 0.5) is 0 Å². The first-order valence-electron chi connectivity index (χ1n) is 8.41. The standard InChI is InChI=1S/C20H22Cl2N2O2/c1-14(20(26)23-2)24(13-15-6-5-8-17(21)12-15)19(25)11-10-16-7-3-4-9-18(16)22/h3-9,12,14H,10-11,13H2,1-2H3,(H,23,26)/t14-/m1/s1. The molecule has 0 unspecified atom stereocenters. The molecule has 26 heavy (non-hydrogen) atoms. The SMILES string of the molecule is CNC(=O)[C@@H](C)N(Cc1cccc(Cl)c1)C(=O)CCc1ccccc1Cl. The Balaban J connectivity index is 2.15. The number of halogens is 2. The molecular weight excluding hydrogens is 371 g/mol. The van der Waals surface area contributed by atoms with Crippen molar-refractivity contribution in [3.63, 3.8) is 0 Å². The normalized spacial score (nSPS) is 11.7. The van der Waals surface area contributed by atoms with Gasteiger partial charge in [0.1, 0.15) is 6.04 Å². The van der Waals surface area contributed by atoms with Crippen molar-refractivity contribution in [3.05, 3.63) is 69.7 Å². The van der Waals surface area contributed by atoms with E-state index in [9.17, 15) is 9.59 Å². The summed E-state index contributed by atoms with van der Waals surface area (Å²) in [5, 5.41) is 3.84. The lowest BCUT2D eigenvalue weighted by molar-refractivity contribution is -0.140. The lowest BCUT2D eigenvalue weighted by Crippen LogP contribution is -2.46. The molecule has 0 saturated heterocycles. The minimum absolute atomic E-state index is 0.110. The molecule has 1 atom stereocenters. The van der Waals surface area contributed by atoms with E-state index in [1.54, 1.807) is 37.1 Å². The fourth-order valence-corrected chi connectivity index (χ4v) is 3.15. The summed E-state index contributed by atoms with van der Waals surface area (Å²) in [5.41, 5.74) is 1.79. The molecule has 0 bridgehead atoms. The summed E-state index contributed by atoms with van der Waals surface area (Å²) in [6.07, 6.45) is 0.788. The summed E-state index contributed by atoms with van der Waals surface area (Å²) < 4.78 is 0. The van der Waals surface area contributed by atoms with Crippen LogP contribution < -0.4 is 5.32 Å². The number of hydrogen-bond acceptors (Lipinski definition) is 2. The lowest BCUT2D eigenvalue weighted by Gasteiger charge is -2.28. The average molecular weight is 393 g/mol. The topological polar surface area (TPSA) is 49.4 Å². The van der Waals surface area contributed by atoms with Gasteiger partial charge in [-0.3, -0.25) is 9.59 Å². The Morgan fingerprint density at radius 2 is 1.85 bits per heavy atom. The van der Waals surface area contributed by atoms with Crippen LogP contribution in [0.25, 0.3) is 0 Å². The van der Waals surface area contributed by atoms with Gasteiger partial charge in [-0.05, 0) is 42.7 Å². The predicted octanol–water partition coefficient (Wildman–Crippen LogP) is 4.09. The van der Waals surface area contributed by atoms with Crippen molar-refractivity contribution >= 4 is 35.0 Å². The second-order valence-electron chi connectivity index (χ2n) is 6.03. The molecule has 2 aromatic carbocycles.